The molecule has 1 rings (SSSR count). The van der Waals surface area contributed by atoms with Gasteiger partial charge in [0.2, 0.25) is 10.0 Å². The van der Waals surface area contributed by atoms with Crippen LogP contribution in [0.15, 0.2) is 24.3 Å². The van der Waals surface area contributed by atoms with Gasteiger partial charge in [-0.2, -0.15) is 0 Å². The molecule has 0 aliphatic heterocycles. The van der Waals surface area contributed by atoms with Crippen LogP contribution in [0.4, 0.5) is 11.4 Å². The minimum absolute atomic E-state index is 0.389. The number of rotatable bonds is 5. The summed E-state index contributed by atoms with van der Waals surface area (Å²) in [5, 5.41) is 0. The van der Waals surface area contributed by atoms with Crippen molar-refractivity contribution < 1.29 is 8.42 Å². The largest absolute Gasteiger partial charge is 0.397 e. The zero-order valence-electron chi connectivity index (χ0n) is 10.4. The van der Waals surface area contributed by atoms with Crippen LogP contribution in [0.3, 0.4) is 0 Å². The van der Waals surface area contributed by atoms with Gasteiger partial charge in [0.25, 0.3) is 0 Å². The zero-order valence-corrected chi connectivity index (χ0v) is 11.2. The van der Waals surface area contributed by atoms with Gasteiger partial charge in [0.05, 0.1) is 17.6 Å². The molecule has 0 aromatic heterocycles. The van der Waals surface area contributed by atoms with Crippen molar-refractivity contribution in [3.8, 4) is 0 Å². The topological polar surface area (TPSA) is 66.6 Å². The Labute approximate surface area is 103 Å². The van der Waals surface area contributed by atoms with Gasteiger partial charge in [0.15, 0.2) is 0 Å². The molecule has 0 amide bonds. The summed E-state index contributed by atoms with van der Waals surface area (Å²) in [5.74, 6) is 0. The molecule has 0 spiro atoms. The Morgan fingerprint density at radius 1 is 1.18 bits per heavy atom. The monoisotopic (exact) mass is 257 g/mol. The summed E-state index contributed by atoms with van der Waals surface area (Å²) in [5.41, 5.74) is 6.81. The second-order valence-electron chi connectivity index (χ2n) is 4.20. The van der Waals surface area contributed by atoms with Crippen molar-refractivity contribution in [1.82, 2.24) is 4.90 Å². The molecule has 0 unspecified atom stereocenters. The van der Waals surface area contributed by atoms with Crippen molar-refractivity contribution in [3.05, 3.63) is 24.3 Å². The van der Waals surface area contributed by atoms with E-state index in [1.165, 1.54) is 10.6 Å². The molecular formula is C11H19N3O2S. The van der Waals surface area contributed by atoms with Gasteiger partial charge in [-0.1, -0.05) is 12.1 Å². The molecule has 2 N–H and O–H groups in total. The molecule has 1 aromatic carbocycles. The fourth-order valence-electron chi connectivity index (χ4n) is 1.47. The van der Waals surface area contributed by atoms with Crippen molar-refractivity contribution in [2.45, 2.75) is 0 Å². The molecule has 1 aromatic rings. The van der Waals surface area contributed by atoms with Crippen molar-refractivity contribution in [1.29, 1.82) is 0 Å². The lowest BCUT2D eigenvalue weighted by Crippen LogP contribution is -2.36. The van der Waals surface area contributed by atoms with E-state index in [0.717, 1.165) is 0 Å². The van der Waals surface area contributed by atoms with Gasteiger partial charge in [0, 0.05) is 13.1 Å². The minimum atomic E-state index is -3.31. The van der Waals surface area contributed by atoms with Crippen LogP contribution in [0.25, 0.3) is 0 Å². The summed E-state index contributed by atoms with van der Waals surface area (Å²) in [6.07, 6.45) is 1.19. The highest BCUT2D eigenvalue weighted by molar-refractivity contribution is 7.92. The molecule has 0 bridgehead atoms. The molecule has 0 fully saturated rings. The van der Waals surface area contributed by atoms with E-state index in [-0.39, 0.29) is 0 Å². The molecule has 0 atom stereocenters. The van der Waals surface area contributed by atoms with E-state index in [1.54, 1.807) is 24.3 Å². The number of likely N-dealkylation sites (N-methyl/N-ethyl adjacent to an activating group) is 1. The number of benzene rings is 1. The number of nitrogen functional groups attached to an aromatic ring is 1. The van der Waals surface area contributed by atoms with Crippen molar-refractivity contribution >= 4 is 21.4 Å². The van der Waals surface area contributed by atoms with E-state index in [4.69, 9.17) is 5.73 Å². The van der Waals surface area contributed by atoms with Gasteiger partial charge < -0.3 is 10.6 Å². The van der Waals surface area contributed by atoms with Crippen LogP contribution >= 0.6 is 0 Å². The molecule has 0 aliphatic rings. The number of sulfonamides is 1. The first kappa shape index (κ1) is 13.8. The third kappa shape index (κ3) is 3.90. The Balaban J connectivity index is 3.04. The quantitative estimate of drug-likeness (QED) is 0.784. The molecule has 0 heterocycles. The van der Waals surface area contributed by atoms with Gasteiger partial charge >= 0.3 is 0 Å². The highest BCUT2D eigenvalue weighted by atomic mass is 32.2. The van der Waals surface area contributed by atoms with Crippen LogP contribution in [0.5, 0.6) is 0 Å². The fraction of sp³-hybridized carbons (Fsp3) is 0.455. The summed E-state index contributed by atoms with van der Waals surface area (Å²) >= 11 is 0. The van der Waals surface area contributed by atoms with Crippen LogP contribution < -0.4 is 10.0 Å². The molecule has 5 nitrogen and oxygen atoms in total. The average molecular weight is 257 g/mol. The van der Waals surface area contributed by atoms with E-state index in [2.05, 4.69) is 0 Å². The van der Waals surface area contributed by atoms with E-state index in [9.17, 15) is 8.42 Å². The number of hydrogen-bond acceptors (Lipinski definition) is 4. The second-order valence-corrected chi connectivity index (χ2v) is 6.10. The molecular weight excluding hydrogens is 238 g/mol. The van der Waals surface area contributed by atoms with Crippen molar-refractivity contribution in [2.24, 2.45) is 0 Å². The molecule has 0 radical (unpaired) electrons. The standard InChI is InChI=1S/C11H19N3O2S/c1-13(2)8-9-14(17(3,15)16)11-7-5-4-6-10(11)12/h4-7H,8-9,12H2,1-3H3. The van der Waals surface area contributed by atoms with Crippen LogP contribution in [0, 0.1) is 0 Å². The molecule has 0 saturated heterocycles. The maximum absolute atomic E-state index is 11.7. The number of anilines is 2. The van der Waals surface area contributed by atoms with Crippen molar-refractivity contribution in [3.63, 3.8) is 0 Å². The Bertz CT molecular complexity index is 471. The average Bonchev–Trinajstić information content (AvgIpc) is 2.18. The zero-order chi connectivity index (χ0) is 13.1. The summed E-state index contributed by atoms with van der Waals surface area (Å²) < 4.78 is 24.8. The van der Waals surface area contributed by atoms with Crippen LogP contribution in [-0.4, -0.2) is 46.8 Å². The molecule has 6 heteroatoms. The first-order valence-corrected chi connectivity index (χ1v) is 7.14. The number of nitrogens with zero attached hydrogens (tertiary/aromatic N) is 2. The first-order valence-electron chi connectivity index (χ1n) is 5.29. The van der Waals surface area contributed by atoms with Crippen LogP contribution in [-0.2, 0) is 10.0 Å². The third-order valence-electron chi connectivity index (χ3n) is 2.36. The van der Waals surface area contributed by atoms with Gasteiger partial charge in [-0.3, -0.25) is 4.31 Å². The molecule has 0 saturated carbocycles. The summed E-state index contributed by atoms with van der Waals surface area (Å²) in [4.78, 5) is 1.93. The first-order chi connectivity index (χ1) is 7.82. The van der Waals surface area contributed by atoms with Gasteiger partial charge in [-0.15, -0.1) is 0 Å². The summed E-state index contributed by atoms with van der Waals surface area (Å²) in [7, 11) is 0.486. The number of para-hydroxylation sites is 2. The van der Waals surface area contributed by atoms with E-state index >= 15 is 0 Å². The van der Waals surface area contributed by atoms with Crippen molar-refractivity contribution in [2.75, 3.05) is 43.5 Å². The molecule has 17 heavy (non-hydrogen) atoms. The van der Waals surface area contributed by atoms with Crippen LogP contribution in [0.1, 0.15) is 0 Å². The summed E-state index contributed by atoms with van der Waals surface area (Å²) in [6, 6.07) is 6.97. The predicted octanol–water partition coefficient (Wildman–Crippen LogP) is 0.596. The van der Waals surface area contributed by atoms with Gasteiger partial charge in [-0.25, -0.2) is 8.42 Å². The highest BCUT2D eigenvalue weighted by Gasteiger charge is 2.18. The SMILES string of the molecule is CN(C)CCN(c1ccccc1N)S(C)(=O)=O. The van der Waals surface area contributed by atoms with E-state index < -0.39 is 10.0 Å². The lowest BCUT2D eigenvalue weighted by Gasteiger charge is -2.25. The minimum Gasteiger partial charge on any atom is -0.397 e. The van der Waals surface area contributed by atoms with E-state index in [0.29, 0.717) is 24.5 Å². The maximum Gasteiger partial charge on any atom is 0.232 e. The summed E-state index contributed by atoms with van der Waals surface area (Å²) in [6.45, 7) is 1.03. The lowest BCUT2D eigenvalue weighted by molar-refractivity contribution is 0.419. The maximum atomic E-state index is 11.7. The van der Waals surface area contributed by atoms with Crippen LogP contribution in [0.2, 0.25) is 0 Å². The Kier molecular flexibility index (Phi) is 4.36. The highest BCUT2D eigenvalue weighted by Crippen LogP contribution is 2.24. The normalized spacial score (nSPS) is 11.8. The van der Waals surface area contributed by atoms with E-state index in [1.807, 2.05) is 19.0 Å². The number of hydrogen-bond donors (Lipinski definition) is 1. The molecule has 0 aliphatic carbocycles. The fourth-order valence-corrected chi connectivity index (χ4v) is 2.41. The lowest BCUT2D eigenvalue weighted by atomic mass is 10.2. The predicted molar refractivity (Wildman–Crippen MR) is 71.6 cm³/mol. The smallest absolute Gasteiger partial charge is 0.232 e. The molecule has 96 valence electrons. The Morgan fingerprint density at radius 2 is 1.76 bits per heavy atom. The number of nitrogens with two attached hydrogens (primary N) is 1. The Hall–Kier alpha value is -1.27. The second kappa shape index (κ2) is 5.37. The third-order valence-corrected chi connectivity index (χ3v) is 3.54. The Morgan fingerprint density at radius 3 is 2.24 bits per heavy atom. The van der Waals surface area contributed by atoms with Gasteiger partial charge in [-0.05, 0) is 26.2 Å². The van der Waals surface area contributed by atoms with Gasteiger partial charge in [0.1, 0.15) is 0 Å².